The van der Waals surface area contributed by atoms with Crippen molar-refractivity contribution in [2.24, 2.45) is 23.0 Å². The number of amides is 1. The summed E-state index contributed by atoms with van der Waals surface area (Å²) in [5.74, 6) is 0.998. The number of nitrogens with zero attached hydrogens (tertiary/aromatic N) is 1. The lowest BCUT2D eigenvalue weighted by Gasteiger charge is -2.45. The van der Waals surface area contributed by atoms with Gasteiger partial charge in [-0.2, -0.15) is 0 Å². The summed E-state index contributed by atoms with van der Waals surface area (Å²) in [7, 11) is 0. The first-order valence-corrected chi connectivity index (χ1v) is 6.90. The molecule has 2 rings (SSSR count). The molecule has 4 nitrogen and oxygen atoms in total. The molecule has 1 aliphatic carbocycles. The Morgan fingerprint density at radius 1 is 1.42 bits per heavy atom. The van der Waals surface area contributed by atoms with Gasteiger partial charge in [0.15, 0.2) is 0 Å². The predicted molar refractivity (Wildman–Crippen MR) is 76.5 cm³/mol. The minimum atomic E-state index is -0.0868. The number of nitrogens with one attached hydrogen (secondary N) is 1. The van der Waals surface area contributed by atoms with Crippen LogP contribution in [0.1, 0.15) is 33.6 Å². The molecule has 0 aliphatic heterocycles. The zero-order valence-electron chi connectivity index (χ0n) is 11.9. The van der Waals surface area contributed by atoms with Crippen LogP contribution < -0.4 is 11.1 Å². The highest BCUT2D eigenvalue weighted by molar-refractivity contribution is 5.92. The Labute approximate surface area is 114 Å². The molecule has 0 aromatic carbocycles. The van der Waals surface area contributed by atoms with E-state index in [2.05, 4.69) is 31.1 Å². The van der Waals surface area contributed by atoms with Crippen molar-refractivity contribution >= 4 is 11.7 Å². The van der Waals surface area contributed by atoms with Gasteiger partial charge >= 0.3 is 0 Å². The molecule has 4 heteroatoms. The van der Waals surface area contributed by atoms with Crippen molar-refractivity contribution in [2.45, 2.75) is 39.7 Å². The molecule has 1 aromatic rings. The molecule has 1 aliphatic rings. The van der Waals surface area contributed by atoms with Crippen LogP contribution in [0.5, 0.6) is 0 Å². The van der Waals surface area contributed by atoms with Gasteiger partial charge in [0.05, 0.1) is 0 Å². The van der Waals surface area contributed by atoms with Gasteiger partial charge in [0.25, 0.3) is 0 Å². The molecule has 0 spiro atoms. The van der Waals surface area contributed by atoms with E-state index in [0.29, 0.717) is 11.7 Å². The topological polar surface area (TPSA) is 68.0 Å². The quantitative estimate of drug-likeness (QED) is 0.859. The third-order valence-corrected chi connectivity index (χ3v) is 4.74. The molecule has 0 saturated heterocycles. The van der Waals surface area contributed by atoms with Crippen LogP contribution in [0.15, 0.2) is 24.4 Å². The number of anilines is 1. The van der Waals surface area contributed by atoms with Crippen molar-refractivity contribution in [3.05, 3.63) is 24.4 Å². The highest BCUT2D eigenvalue weighted by atomic mass is 16.2. The Morgan fingerprint density at radius 2 is 2.16 bits per heavy atom. The third kappa shape index (κ3) is 2.78. The van der Waals surface area contributed by atoms with Crippen LogP contribution in [-0.2, 0) is 4.79 Å². The van der Waals surface area contributed by atoms with Crippen LogP contribution in [0.3, 0.4) is 0 Å². The van der Waals surface area contributed by atoms with E-state index in [0.717, 1.165) is 12.8 Å². The number of rotatable bonds is 2. The lowest BCUT2D eigenvalue weighted by molar-refractivity contribution is -0.127. The van der Waals surface area contributed by atoms with Gasteiger partial charge in [-0.15, -0.1) is 0 Å². The first kappa shape index (κ1) is 14.0. The second-order valence-electron chi connectivity index (χ2n) is 6.11. The minimum absolute atomic E-state index is 0.00990. The van der Waals surface area contributed by atoms with E-state index in [4.69, 9.17) is 5.73 Å². The fourth-order valence-electron chi connectivity index (χ4n) is 2.97. The van der Waals surface area contributed by atoms with Gasteiger partial charge < -0.3 is 11.1 Å². The summed E-state index contributed by atoms with van der Waals surface area (Å²) >= 11 is 0. The molecule has 104 valence electrons. The number of hydrogen-bond donors (Lipinski definition) is 2. The molecular formula is C15H23N3O. The van der Waals surface area contributed by atoms with Crippen molar-refractivity contribution in [3.8, 4) is 0 Å². The SMILES string of the molecule is CC1C(N)CCC(C(=O)Nc2ccccn2)C1(C)C. The normalized spacial score (nSPS) is 29.8. The molecule has 1 aromatic heterocycles. The number of aromatic nitrogens is 1. The van der Waals surface area contributed by atoms with Crippen LogP contribution in [-0.4, -0.2) is 16.9 Å². The molecule has 3 N–H and O–H groups in total. The average Bonchev–Trinajstić information content (AvgIpc) is 2.37. The molecule has 1 amide bonds. The fourth-order valence-corrected chi connectivity index (χ4v) is 2.97. The summed E-state index contributed by atoms with van der Waals surface area (Å²) in [4.78, 5) is 16.6. The van der Waals surface area contributed by atoms with Gasteiger partial charge in [0.2, 0.25) is 5.91 Å². The van der Waals surface area contributed by atoms with E-state index in [1.165, 1.54) is 0 Å². The minimum Gasteiger partial charge on any atom is -0.327 e. The van der Waals surface area contributed by atoms with Crippen LogP contribution in [0.2, 0.25) is 0 Å². The summed E-state index contributed by atoms with van der Waals surface area (Å²) in [6.07, 6.45) is 3.43. The summed E-state index contributed by atoms with van der Waals surface area (Å²) in [5.41, 5.74) is 6.04. The van der Waals surface area contributed by atoms with Crippen LogP contribution in [0.4, 0.5) is 5.82 Å². The molecule has 19 heavy (non-hydrogen) atoms. The van der Waals surface area contributed by atoms with E-state index in [1.807, 2.05) is 18.2 Å². The molecular weight excluding hydrogens is 238 g/mol. The first-order valence-electron chi connectivity index (χ1n) is 6.90. The molecule has 0 radical (unpaired) electrons. The van der Waals surface area contributed by atoms with Crippen molar-refractivity contribution in [2.75, 3.05) is 5.32 Å². The zero-order valence-corrected chi connectivity index (χ0v) is 11.9. The summed E-state index contributed by atoms with van der Waals surface area (Å²) < 4.78 is 0. The summed E-state index contributed by atoms with van der Waals surface area (Å²) in [6, 6.07) is 5.70. The number of nitrogens with two attached hydrogens (primary N) is 1. The van der Waals surface area contributed by atoms with E-state index in [9.17, 15) is 4.79 Å². The largest absolute Gasteiger partial charge is 0.327 e. The van der Waals surface area contributed by atoms with E-state index >= 15 is 0 Å². The standard InChI is InChI=1S/C15H23N3O/c1-10-12(16)8-7-11(15(10,2)3)14(19)18-13-6-4-5-9-17-13/h4-6,9-12H,7-8,16H2,1-3H3,(H,17,18,19). The molecule has 1 fully saturated rings. The molecule has 1 heterocycles. The Hall–Kier alpha value is -1.42. The molecule has 3 atom stereocenters. The van der Waals surface area contributed by atoms with Gasteiger partial charge in [-0.25, -0.2) is 4.98 Å². The number of carbonyl (C=O) groups excluding carboxylic acids is 1. The van der Waals surface area contributed by atoms with E-state index in [-0.39, 0.29) is 23.3 Å². The van der Waals surface area contributed by atoms with Gasteiger partial charge in [-0.1, -0.05) is 26.8 Å². The van der Waals surface area contributed by atoms with Crippen molar-refractivity contribution < 1.29 is 4.79 Å². The van der Waals surface area contributed by atoms with Crippen LogP contribution in [0.25, 0.3) is 0 Å². The van der Waals surface area contributed by atoms with Crippen molar-refractivity contribution in [3.63, 3.8) is 0 Å². The van der Waals surface area contributed by atoms with Crippen molar-refractivity contribution in [1.82, 2.24) is 4.98 Å². The molecule has 1 saturated carbocycles. The van der Waals surface area contributed by atoms with Gasteiger partial charge in [-0.05, 0) is 36.3 Å². The van der Waals surface area contributed by atoms with Crippen LogP contribution in [0, 0.1) is 17.3 Å². The van der Waals surface area contributed by atoms with Crippen molar-refractivity contribution in [1.29, 1.82) is 0 Å². The number of carbonyl (C=O) groups is 1. The van der Waals surface area contributed by atoms with Gasteiger partial charge in [0.1, 0.15) is 5.82 Å². The Balaban J connectivity index is 2.11. The Bertz CT molecular complexity index is 444. The zero-order chi connectivity index (χ0) is 14.0. The molecule has 3 unspecified atom stereocenters. The number of pyridine rings is 1. The van der Waals surface area contributed by atoms with E-state index in [1.54, 1.807) is 6.20 Å². The lowest BCUT2D eigenvalue weighted by atomic mass is 9.61. The molecule has 0 bridgehead atoms. The summed E-state index contributed by atoms with van der Waals surface area (Å²) in [5, 5.41) is 2.91. The maximum atomic E-state index is 12.4. The lowest BCUT2D eigenvalue weighted by Crippen LogP contribution is -2.50. The highest BCUT2D eigenvalue weighted by Crippen LogP contribution is 2.44. The maximum Gasteiger partial charge on any atom is 0.229 e. The Morgan fingerprint density at radius 3 is 2.79 bits per heavy atom. The first-order chi connectivity index (χ1) is 8.93. The van der Waals surface area contributed by atoms with Gasteiger partial charge in [-0.3, -0.25) is 4.79 Å². The second-order valence-corrected chi connectivity index (χ2v) is 6.11. The highest BCUT2D eigenvalue weighted by Gasteiger charge is 2.44. The predicted octanol–water partition coefficient (Wildman–Crippen LogP) is 2.42. The monoisotopic (exact) mass is 261 g/mol. The van der Waals surface area contributed by atoms with Gasteiger partial charge in [0, 0.05) is 18.2 Å². The fraction of sp³-hybridized carbons (Fsp3) is 0.600. The Kier molecular flexibility index (Phi) is 3.90. The average molecular weight is 261 g/mol. The van der Waals surface area contributed by atoms with Crippen LogP contribution >= 0.6 is 0 Å². The summed E-state index contributed by atoms with van der Waals surface area (Å²) in [6.45, 7) is 6.42. The third-order valence-electron chi connectivity index (χ3n) is 4.74. The number of hydrogen-bond acceptors (Lipinski definition) is 3. The second kappa shape index (κ2) is 5.29. The smallest absolute Gasteiger partial charge is 0.229 e. The maximum absolute atomic E-state index is 12.4. The van der Waals surface area contributed by atoms with E-state index < -0.39 is 0 Å².